The molecule has 3 aromatic rings. The summed E-state index contributed by atoms with van der Waals surface area (Å²) < 4.78 is 6.11. The van der Waals surface area contributed by atoms with Crippen LogP contribution in [-0.4, -0.2) is 23.0 Å². The topological polar surface area (TPSA) is 64.1 Å². The summed E-state index contributed by atoms with van der Waals surface area (Å²) in [6.07, 6.45) is 0. The molecule has 130 valence electrons. The number of rotatable bonds is 4. The predicted molar refractivity (Wildman–Crippen MR) is 108 cm³/mol. The molecule has 0 spiro atoms. The van der Waals surface area contributed by atoms with E-state index in [-0.39, 0.29) is 11.8 Å². The third-order valence-corrected chi connectivity index (χ3v) is 5.50. The van der Waals surface area contributed by atoms with Crippen molar-refractivity contribution >= 4 is 61.8 Å². The first-order chi connectivity index (χ1) is 11.9. The number of methoxy groups -OCH3 is 1. The van der Waals surface area contributed by atoms with Gasteiger partial charge < -0.3 is 10.1 Å². The number of thiazole rings is 1. The summed E-state index contributed by atoms with van der Waals surface area (Å²) in [6, 6.07) is 5.66. The Morgan fingerprint density at radius 1 is 1.32 bits per heavy atom. The lowest BCUT2D eigenvalue weighted by molar-refractivity contribution is -0.118. The van der Waals surface area contributed by atoms with Crippen molar-refractivity contribution in [3.05, 3.63) is 28.1 Å². The van der Waals surface area contributed by atoms with Gasteiger partial charge in [0.05, 0.1) is 22.8 Å². The van der Waals surface area contributed by atoms with Crippen LogP contribution in [0.4, 0.5) is 5.13 Å². The molecule has 2 aromatic heterocycles. The number of anilines is 1. The van der Waals surface area contributed by atoms with Gasteiger partial charge in [0.1, 0.15) is 11.4 Å². The molecule has 0 saturated carbocycles. The average Bonchev–Trinajstić information content (AvgIpc) is 3.04. The van der Waals surface area contributed by atoms with Crippen molar-refractivity contribution in [2.24, 2.45) is 5.92 Å². The Morgan fingerprint density at radius 2 is 2.08 bits per heavy atom. The van der Waals surface area contributed by atoms with E-state index in [1.807, 2.05) is 37.4 Å². The number of fused-ring (bicyclic) bond motifs is 1. The van der Waals surface area contributed by atoms with Crippen molar-refractivity contribution < 1.29 is 9.53 Å². The molecular formula is C17H16BrN3O2S2. The smallest absolute Gasteiger partial charge is 0.228 e. The van der Waals surface area contributed by atoms with Crippen LogP contribution in [0.2, 0.25) is 0 Å². The molecule has 2 heterocycles. The highest BCUT2D eigenvalue weighted by Gasteiger charge is 2.15. The highest BCUT2D eigenvalue weighted by atomic mass is 79.9. The maximum absolute atomic E-state index is 11.8. The Kier molecular flexibility index (Phi) is 5.31. The van der Waals surface area contributed by atoms with E-state index >= 15 is 0 Å². The maximum Gasteiger partial charge on any atom is 0.228 e. The van der Waals surface area contributed by atoms with Crippen molar-refractivity contribution in [2.45, 2.75) is 18.7 Å². The number of hydrogen-bond acceptors (Lipinski definition) is 6. The van der Waals surface area contributed by atoms with E-state index in [1.165, 1.54) is 11.3 Å². The Balaban J connectivity index is 2.03. The molecule has 0 unspecified atom stereocenters. The van der Waals surface area contributed by atoms with E-state index in [2.05, 4.69) is 38.9 Å². The molecule has 5 nitrogen and oxygen atoms in total. The SMILES string of the molecule is COc1ccc2c(S)cc(-c3csc(NC(=O)C(C)C)n3)nc2c1Br. The number of aromatic nitrogens is 2. The van der Waals surface area contributed by atoms with Crippen molar-refractivity contribution in [1.29, 1.82) is 0 Å². The van der Waals surface area contributed by atoms with Gasteiger partial charge in [0.25, 0.3) is 0 Å². The third kappa shape index (κ3) is 3.65. The summed E-state index contributed by atoms with van der Waals surface area (Å²) in [5, 5.41) is 6.15. The van der Waals surface area contributed by atoms with Crippen molar-refractivity contribution in [1.82, 2.24) is 9.97 Å². The fourth-order valence-electron chi connectivity index (χ4n) is 2.21. The van der Waals surface area contributed by atoms with Crippen molar-refractivity contribution in [2.75, 3.05) is 12.4 Å². The van der Waals surface area contributed by atoms with Crippen LogP contribution in [-0.2, 0) is 4.79 Å². The summed E-state index contributed by atoms with van der Waals surface area (Å²) in [5.41, 5.74) is 2.13. The second-order valence-electron chi connectivity index (χ2n) is 5.69. The third-order valence-electron chi connectivity index (χ3n) is 3.60. The highest BCUT2D eigenvalue weighted by Crippen LogP contribution is 2.36. The molecule has 1 amide bonds. The normalized spacial score (nSPS) is 11.1. The van der Waals surface area contributed by atoms with Gasteiger partial charge in [-0.1, -0.05) is 13.8 Å². The standard InChI is InChI=1S/C17H16BrN3O2S2/c1-8(2)16(22)21-17-20-11(7-25-17)10-6-13(24)9-4-5-12(23-3)14(18)15(9)19-10/h4-8H,1-3H3,(H,19,24)(H,20,21,22). The highest BCUT2D eigenvalue weighted by molar-refractivity contribution is 9.10. The van der Waals surface area contributed by atoms with Crippen LogP contribution in [0.1, 0.15) is 13.8 Å². The fraction of sp³-hybridized carbons (Fsp3) is 0.235. The Morgan fingerprint density at radius 3 is 2.76 bits per heavy atom. The van der Waals surface area contributed by atoms with Gasteiger partial charge in [-0.25, -0.2) is 9.97 Å². The minimum atomic E-state index is -0.0985. The van der Waals surface area contributed by atoms with E-state index in [4.69, 9.17) is 9.72 Å². The number of halogens is 1. The molecule has 0 atom stereocenters. The van der Waals surface area contributed by atoms with Gasteiger partial charge in [0.15, 0.2) is 5.13 Å². The number of benzene rings is 1. The van der Waals surface area contributed by atoms with Gasteiger partial charge in [-0.2, -0.15) is 0 Å². The first-order valence-corrected chi connectivity index (χ1v) is 9.65. The summed E-state index contributed by atoms with van der Waals surface area (Å²) >= 11 is 9.48. The molecule has 0 aliphatic heterocycles. The zero-order valence-electron chi connectivity index (χ0n) is 13.8. The maximum atomic E-state index is 11.8. The van der Waals surface area contributed by atoms with Crippen LogP contribution in [0.3, 0.4) is 0 Å². The predicted octanol–water partition coefficient (Wildman–Crippen LogP) is 5.01. The molecule has 1 aromatic carbocycles. The van der Waals surface area contributed by atoms with Gasteiger partial charge in [-0.05, 0) is 34.1 Å². The largest absolute Gasteiger partial charge is 0.495 e. The van der Waals surface area contributed by atoms with Crippen molar-refractivity contribution in [3.8, 4) is 17.1 Å². The van der Waals surface area contributed by atoms with Crippen molar-refractivity contribution in [3.63, 3.8) is 0 Å². The summed E-state index contributed by atoms with van der Waals surface area (Å²) in [5.74, 6) is 0.543. The van der Waals surface area contributed by atoms with E-state index in [0.717, 1.165) is 20.3 Å². The molecule has 0 aliphatic rings. The Bertz CT molecular complexity index is 956. The fourth-order valence-corrected chi connectivity index (χ4v) is 3.82. The number of hydrogen-bond donors (Lipinski definition) is 2. The molecule has 0 bridgehead atoms. The number of carbonyl (C=O) groups excluding carboxylic acids is 1. The van der Waals surface area contributed by atoms with Crippen LogP contribution in [0.25, 0.3) is 22.3 Å². The zero-order chi connectivity index (χ0) is 18.1. The van der Waals surface area contributed by atoms with Crippen LogP contribution in [0.15, 0.2) is 32.9 Å². The molecular weight excluding hydrogens is 422 g/mol. The van der Waals surface area contributed by atoms with Crippen LogP contribution in [0.5, 0.6) is 5.75 Å². The summed E-state index contributed by atoms with van der Waals surface area (Å²) in [4.78, 5) is 21.8. The molecule has 1 N–H and O–H groups in total. The Labute approximate surface area is 163 Å². The average molecular weight is 438 g/mol. The second-order valence-corrected chi connectivity index (χ2v) is 7.82. The number of thiol groups is 1. The van der Waals surface area contributed by atoms with E-state index in [1.54, 1.807) is 7.11 Å². The number of amides is 1. The molecule has 0 fully saturated rings. The van der Waals surface area contributed by atoms with E-state index in [0.29, 0.717) is 22.3 Å². The molecule has 0 aliphatic carbocycles. The number of nitrogens with zero attached hydrogens (tertiary/aromatic N) is 2. The van der Waals surface area contributed by atoms with E-state index < -0.39 is 0 Å². The molecule has 3 rings (SSSR count). The van der Waals surface area contributed by atoms with Gasteiger partial charge in [-0.3, -0.25) is 4.79 Å². The molecule has 0 radical (unpaired) electrons. The van der Waals surface area contributed by atoms with Gasteiger partial charge in [0, 0.05) is 21.6 Å². The first-order valence-electron chi connectivity index (χ1n) is 7.53. The molecule has 8 heteroatoms. The number of pyridine rings is 1. The second kappa shape index (κ2) is 7.31. The summed E-state index contributed by atoms with van der Waals surface area (Å²) in [6.45, 7) is 3.68. The monoisotopic (exact) mass is 437 g/mol. The lowest BCUT2D eigenvalue weighted by atomic mass is 10.1. The lowest BCUT2D eigenvalue weighted by Crippen LogP contribution is -2.17. The summed E-state index contributed by atoms with van der Waals surface area (Å²) in [7, 11) is 1.61. The Hall–Kier alpha value is -1.64. The quantitative estimate of drug-likeness (QED) is 0.562. The van der Waals surface area contributed by atoms with E-state index in [9.17, 15) is 4.79 Å². The van der Waals surface area contributed by atoms with Gasteiger partial charge in [0.2, 0.25) is 5.91 Å². The minimum Gasteiger partial charge on any atom is -0.495 e. The van der Waals surface area contributed by atoms with Gasteiger partial charge in [-0.15, -0.1) is 24.0 Å². The van der Waals surface area contributed by atoms with Crippen LogP contribution in [0, 0.1) is 5.92 Å². The van der Waals surface area contributed by atoms with Crippen LogP contribution < -0.4 is 10.1 Å². The number of ether oxygens (including phenoxy) is 1. The van der Waals surface area contributed by atoms with Gasteiger partial charge >= 0.3 is 0 Å². The molecule has 25 heavy (non-hydrogen) atoms. The molecule has 0 saturated heterocycles. The first kappa shape index (κ1) is 18.2. The van der Waals surface area contributed by atoms with Crippen LogP contribution >= 0.6 is 39.9 Å². The minimum absolute atomic E-state index is 0.0604. The zero-order valence-corrected chi connectivity index (χ0v) is 17.1. The lowest BCUT2D eigenvalue weighted by Gasteiger charge is -2.09. The number of carbonyl (C=O) groups is 1. The number of nitrogens with one attached hydrogen (secondary N) is 1.